The van der Waals surface area contributed by atoms with Crippen LogP contribution in [-0.2, 0) is 4.79 Å². The van der Waals surface area contributed by atoms with Gasteiger partial charge in [0.05, 0.1) is 13.7 Å². The summed E-state index contributed by atoms with van der Waals surface area (Å²) in [6, 6.07) is 4.34. The van der Waals surface area contributed by atoms with Gasteiger partial charge in [-0.3, -0.25) is 9.59 Å². The summed E-state index contributed by atoms with van der Waals surface area (Å²) in [6.07, 6.45) is 0. The van der Waals surface area contributed by atoms with Gasteiger partial charge in [0.1, 0.15) is 0 Å². The average molecular weight is 293 g/mol. The molecule has 0 aliphatic carbocycles. The summed E-state index contributed by atoms with van der Waals surface area (Å²) in [5, 5.41) is 15.3. The molecule has 1 aliphatic heterocycles. The van der Waals surface area contributed by atoms with Gasteiger partial charge < -0.3 is 25.4 Å². The first-order valence-electron chi connectivity index (χ1n) is 6.75. The molecular formula is C14H19N3O4. The Labute approximate surface area is 122 Å². The van der Waals surface area contributed by atoms with E-state index in [0.29, 0.717) is 18.8 Å². The van der Waals surface area contributed by atoms with Crippen LogP contribution in [-0.4, -0.2) is 61.7 Å². The van der Waals surface area contributed by atoms with Gasteiger partial charge >= 0.3 is 0 Å². The molecule has 0 unspecified atom stereocenters. The van der Waals surface area contributed by atoms with Crippen LogP contribution in [0.5, 0.6) is 11.5 Å². The van der Waals surface area contributed by atoms with Crippen LogP contribution in [0.25, 0.3) is 0 Å². The third-order valence-corrected chi connectivity index (χ3v) is 3.31. The van der Waals surface area contributed by atoms with Gasteiger partial charge in [-0.15, -0.1) is 0 Å². The Bertz CT molecular complexity index is 527. The highest BCUT2D eigenvalue weighted by molar-refractivity contribution is 5.97. The van der Waals surface area contributed by atoms with Crippen molar-refractivity contribution in [2.75, 3.05) is 39.8 Å². The lowest BCUT2D eigenvalue weighted by atomic mass is 10.2. The molecule has 3 N–H and O–H groups in total. The monoisotopic (exact) mass is 293 g/mol. The minimum atomic E-state index is -0.406. The molecule has 0 aromatic heterocycles. The van der Waals surface area contributed by atoms with Gasteiger partial charge in [-0.25, -0.2) is 0 Å². The van der Waals surface area contributed by atoms with E-state index in [-0.39, 0.29) is 23.8 Å². The average Bonchev–Trinajstić information content (AvgIpc) is 2.53. The molecule has 0 atom stereocenters. The first kappa shape index (κ1) is 15.1. The predicted octanol–water partition coefficient (Wildman–Crippen LogP) is -0.438. The smallest absolute Gasteiger partial charge is 0.251 e. The van der Waals surface area contributed by atoms with E-state index in [4.69, 9.17) is 4.74 Å². The third kappa shape index (κ3) is 3.85. The zero-order valence-corrected chi connectivity index (χ0v) is 11.9. The fourth-order valence-electron chi connectivity index (χ4n) is 2.12. The van der Waals surface area contributed by atoms with Gasteiger partial charge in [0, 0.05) is 31.7 Å². The van der Waals surface area contributed by atoms with E-state index in [1.54, 1.807) is 4.90 Å². The van der Waals surface area contributed by atoms with E-state index in [0.717, 1.165) is 13.1 Å². The van der Waals surface area contributed by atoms with E-state index in [1.165, 1.54) is 25.3 Å². The van der Waals surface area contributed by atoms with Crippen molar-refractivity contribution < 1.29 is 19.4 Å². The molecule has 7 nitrogen and oxygen atoms in total. The number of phenolic OH excluding ortho intramolecular Hbond substituents is 1. The van der Waals surface area contributed by atoms with Gasteiger partial charge in [-0.05, 0) is 18.2 Å². The lowest BCUT2D eigenvalue weighted by Crippen LogP contribution is -2.49. The summed E-state index contributed by atoms with van der Waals surface area (Å²) in [6.45, 7) is 2.79. The van der Waals surface area contributed by atoms with Crippen molar-refractivity contribution in [2.24, 2.45) is 0 Å². The van der Waals surface area contributed by atoms with Crippen molar-refractivity contribution in [3.05, 3.63) is 23.8 Å². The standard InChI is InChI=1S/C14H19N3O4/c1-21-12-3-2-10(8-11(12)18)14(20)16-9-13(19)17-6-4-15-5-7-17/h2-3,8,15,18H,4-7,9H2,1H3,(H,16,20). The minimum absolute atomic E-state index is 0.0500. The fraction of sp³-hybridized carbons (Fsp3) is 0.429. The number of rotatable bonds is 4. The topological polar surface area (TPSA) is 90.9 Å². The molecule has 0 spiro atoms. The number of nitrogens with one attached hydrogen (secondary N) is 2. The number of benzene rings is 1. The summed E-state index contributed by atoms with van der Waals surface area (Å²) >= 11 is 0. The van der Waals surface area contributed by atoms with Crippen molar-refractivity contribution in [1.29, 1.82) is 0 Å². The zero-order chi connectivity index (χ0) is 15.2. The Morgan fingerprint density at radius 3 is 2.71 bits per heavy atom. The van der Waals surface area contributed by atoms with E-state index < -0.39 is 5.91 Å². The summed E-state index contributed by atoms with van der Waals surface area (Å²) < 4.78 is 4.91. The maximum Gasteiger partial charge on any atom is 0.251 e. The molecule has 0 radical (unpaired) electrons. The summed E-state index contributed by atoms with van der Waals surface area (Å²) in [7, 11) is 1.43. The number of carbonyl (C=O) groups is 2. The van der Waals surface area contributed by atoms with E-state index in [2.05, 4.69) is 10.6 Å². The number of methoxy groups -OCH3 is 1. The second-order valence-electron chi connectivity index (χ2n) is 4.70. The second kappa shape index (κ2) is 6.94. The van der Waals surface area contributed by atoms with Crippen LogP contribution in [0.3, 0.4) is 0 Å². The molecule has 1 saturated heterocycles. The highest BCUT2D eigenvalue weighted by Crippen LogP contribution is 2.25. The lowest BCUT2D eigenvalue weighted by Gasteiger charge is -2.27. The largest absolute Gasteiger partial charge is 0.504 e. The van der Waals surface area contributed by atoms with Crippen LogP contribution >= 0.6 is 0 Å². The Morgan fingerprint density at radius 1 is 1.38 bits per heavy atom. The maximum atomic E-state index is 11.9. The SMILES string of the molecule is COc1ccc(C(=O)NCC(=O)N2CCNCC2)cc1O. The van der Waals surface area contributed by atoms with Crippen LogP contribution in [0.2, 0.25) is 0 Å². The molecular weight excluding hydrogens is 274 g/mol. The van der Waals surface area contributed by atoms with Gasteiger partial charge in [0.25, 0.3) is 5.91 Å². The number of nitrogens with zero attached hydrogens (tertiary/aromatic N) is 1. The predicted molar refractivity (Wildman–Crippen MR) is 76.4 cm³/mol. The molecule has 1 aliphatic rings. The van der Waals surface area contributed by atoms with E-state index >= 15 is 0 Å². The third-order valence-electron chi connectivity index (χ3n) is 3.31. The van der Waals surface area contributed by atoms with E-state index in [1.807, 2.05) is 0 Å². The number of hydrogen-bond acceptors (Lipinski definition) is 5. The first-order chi connectivity index (χ1) is 10.1. The molecule has 1 fully saturated rings. The van der Waals surface area contributed by atoms with Crippen LogP contribution in [0.1, 0.15) is 10.4 Å². The highest BCUT2D eigenvalue weighted by atomic mass is 16.5. The van der Waals surface area contributed by atoms with Gasteiger partial charge in [-0.1, -0.05) is 0 Å². The quantitative estimate of drug-likeness (QED) is 0.700. The van der Waals surface area contributed by atoms with Crippen molar-refractivity contribution in [3.8, 4) is 11.5 Å². The maximum absolute atomic E-state index is 11.9. The molecule has 1 aromatic rings. The molecule has 1 heterocycles. The Kier molecular flexibility index (Phi) is 4.99. The molecule has 7 heteroatoms. The number of hydrogen-bond donors (Lipinski definition) is 3. The van der Waals surface area contributed by atoms with Crippen molar-refractivity contribution in [3.63, 3.8) is 0 Å². The van der Waals surface area contributed by atoms with Crippen molar-refractivity contribution in [2.45, 2.75) is 0 Å². The molecule has 114 valence electrons. The zero-order valence-electron chi connectivity index (χ0n) is 11.9. The number of piperazine rings is 1. The normalized spacial score (nSPS) is 14.6. The molecule has 0 bridgehead atoms. The van der Waals surface area contributed by atoms with E-state index in [9.17, 15) is 14.7 Å². The van der Waals surface area contributed by atoms with Crippen LogP contribution in [0.15, 0.2) is 18.2 Å². The molecule has 1 aromatic carbocycles. The van der Waals surface area contributed by atoms with Crippen LogP contribution < -0.4 is 15.4 Å². The second-order valence-corrected chi connectivity index (χ2v) is 4.70. The van der Waals surface area contributed by atoms with Crippen molar-refractivity contribution >= 4 is 11.8 Å². The fourth-order valence-corrected chi connectivity index (χ4v) is 2.12. The summed E-state index contributed by atoms with van der Waals surface area (Å²) in [4.78, 5) is 25.6. The number of amides is 2. The Hall–Kier alpha value is -2.28. The number of aromatic hydroxyl groups is 1. The molecule has 2 rings (SSSR count). The Balaban J connectivity index is 1.89. The molecule has 2 amide bonds. The number of phenols is 1. The van der Waals surface area contributed by atoms with Crippen LogP contribution in [0, 0.1) is 0 Å². The van der Waals surface area contributed by atoms with Gasteiger partial charge in [0.15, 0.2) is 11.5 Å². The number of ether oxygens (including phenoxy) is 1. The Morgan fingerprint density at radius 2 is 2.10 bits per heavy atom. The number of carbonyl (C=O) groups excluding carboxylic acids is 2. The highest BCUT2D eigenvalue weighted by Gasteiger charge is 2.17. The van der Waals surface area contributed by atoms with Gasteiger partial charge in [-0.2, -0.15) is 0 Å². The molecule has 0 saturated carbocycles. The minimum Gasteiger partial charge on any atom is -0.504 e. The van der Waals surface area contributed by atoms with Crippen molar-refractivity contribution in [1.82, 2.24) is 15.5 Å². The van der Waals surface area contributed by atoms with Crippen LogP contribution in [0.4, 0.5) is 0 Å². The summed E-state index contributed by atoms with van der Waals surface area (Å²) in [5.41, 5.74) is 0.279. The molecule has 21 heavy (non-hydrogen) atoms. The summed E-state index contributed by atoms with van der Waals surface area (Å²) in [5.74, 6) is -0.332. The van der Waals surface area contributed by atoms with Gasteiger partial charge in [0.2, 0.25) is 5.91 Å². The lowest BCUT2D eigenvalue weighted by molar-refractivity contribution is -0.130. The first-order valence-corrected chi connectivity index (χ1v) is 6.75.